The molecular weight excluding hydrogens is 248 g/mol. The first-order valence-corrected chi connectivity index (χ1v) is 8.36. The molecule has 1 aromatic rings. The Hall–Kier alpha value is -0.800. The number of furan rings is 1. The van der Waals surface area contributed by atoms with Gasteiger partial charge in [0.15, 0.2) is 0 Å². The molecule has 1 aliphatic carbocycles. The molecular formula is C17H28N2O. The van der Waals surface area contributed by atoms with Gasteiger partial charge in [-0.1, -0.05) is 13.3 Å². The maximum absolute atomic E-state index is 5.73. The average Bonchev–Trinajstić information content (AvgIpc) is 3.23. The fourth-order valence-corrected chi connectivity index (χ4v) is 3.20. The highest BCUT2D eigenvalue weighted by Gasteiger charge is 2.22. The number of likely N-dealkylation sites (tertiary alicyclic amines) is 1. The summed E-state index contributed by atoms with van der Waals surface area (Å²) in [7, 11) is 0. The Bertz CT molecular complexity index is 411. The molecule has 2 heterocycles. The van der Waals surface area contributed by atoms with Gasteiger partial charge in [-0.15, -0.1) is 0 Å². The molecule has 0 radical (unpaired) electrons. The van der Waals surface area contributed by atoms with Gasteiger partial charge in [0.25, 0.3) is 0 Å². The smallest absolute Gasteiger partial charge is 0.122 e. The maximum Gasteiger partial charge on any atom is 0.122 e. The second-order valence-corrected chi connectivity index (χ2v) is 6.51. The van der Waals surface area contributed by atoms with E-state index in [4.69, 9.17) is 4.42 Å². The van der Waals surface area contributed by atoms with Crippen LogP contribution in [0.2, 0.25) is 0 Å². The van der Waals surface area contributed by atoms with Crippen LogP contribution in [-0.2, 0) is 13.1 Å². The van der Waals surface area contributed by atoms with Crippen LogP contribution in [0.25, 0.3) is 0 Å². The van der Waals surface area contributed by atoms with Crippen molar-refractivity contribution in [3.63, 3.8) is 0 Å². The van der Waals surface area contributed by atoms with Crippen molar-refractivity contribution in [1.82, 2.24) is 10.2 Å². The van der Waals surface area contributed by atoms with E-state index in [1.165, 1.54) is 62.9 Å². The van der Waals surface area contributed by atoms with Gasteiger partial charge in [-0.05, 0) is 57.2 Å². The van der Waals surface area contributed by atoms with Crippen LogP contribution in [0.15, 0.2) is 16.7 Å². The highest BCUT2D eigenvalue weighted by molar-refractivity contribution is 5.17. The van der Waals surface area contributed by atoms with Gasteiger partial charge < -0.3 is 9.73 Å². The van der Waals surface area contributed by atoms with E-state index in [-0.39, 0.29) is 0 Å². The van der Waals surface area contributed by atoms with Crippen molar-refractivity contribution in [1.29, 1.82) is 0 Å². The summed E-state index contributed by atoms with van der Waals surface area (Å²) in [5.41, 5.74) is 1.35. The first-order chi connectivity index (χ1) is 9.85. The summed E-state index contributed by atoms with van der Waals surface area (Å²) in [4.78, 5) is 2.58. The maximum atomic E-state index is 5.73. The zero-order valence-electron chi connectivity index (χ0n) is 12.7. The van der Waals surface area contributed by atoms with E-state index in [9.17, 15) is 0 Å². The van der Waals surface area contributed by atoms with Crippen LogP contribution >= 0.6 is 0 Å². The van der Waals surface area contributed by atoms with Gasteiger partial charge in [0.1, 0.15) is 5.76 Å². The minimum absolute atomic E-state index is 0.765. The molecule has 20 heavy (non-hydrogen) atoms. The SMILES string of the molecule is CCC1CCCN(Cc2occc2CNC2CC2)CC1. The molecule has 1 aliphatic heterocycles. The summed E-state index contributed by atoms with van der Waals surface area (Å²) in [6.45, 7) is 6.75. The van der Waals surface area contributed by atoms with Crippen LogP contribution in [0.3, 0.4) is 0 Å². The standard InChI is InChI=1S/C17H28N2O/c1-2-14-4-3-9-19(10-7-14)13-17-15(8-11-20-17)12-18-16-5-6-16/h8,11,14,16,18H,2-7,9-10,12-13H2,1H3. The number of nitrogens with one attached hydrogen (secondary N) is 1. The molecule has 2 aliphatic rings. The Morgan fingerprint density at radius 3 is 2.95 bits per heavy atom. The van der Waals surface area contributed by atoms with Gasteiger partial charge in [-0.2, -0.15) is 0 Å². The first kappa shape index (κ1) is 14.2. The van der Waals surface area contributed by atoms with E-state index in [1.807, 2.05) is 6.26 Å². The zero-order chi connectivity index (χ0) is 13.8. The lowest BCUT2D eigenvalue weighted by Crippen LogP contribution is -2.25. The van der Waals surface area contributed by atoms with Crippen LogP contribution in [-0.4, -0.2) is 24.0 Å². The van der Waals surface area contributed by atoms with Gasteiger partial charge in [0.2, 0.25) is 0 Å². The van der Waals surface area contributed by atoms with Gasteiger partial charge in [0, 0.05) is 18.2 Å². The third-order valence-electron chi connectivity index (χ3n) is 4.88. The van der Waals surface area contributed by atoms with Crippen LogP contribution in [0.1, 0.15) is 56.8 Å². The molecule has 1 saturated heterocycles. The first-order valence-electron chi connectivity index (χ1n) is 8.36. The van der Waals surface area contributed by atoms with Gasteiger partial charge in [-0.25, -0.2) is 0 Å². The van der Waals surface area contributed by atoms with Gasteiger partial charge >= 0.3 is 0 Å². The van der Waals surface area contributed by atoms with Crippen molar-refractivity contribution >= 4 is 0 Å². The molecule has 3 nitrogen and oxygen atoms in total. The Balaban J connectivity index is 1.52. The van der Waals surface area contributed by atoms with Crippen molar-refractivity contribution < 1.29 is 4.42 Å². The predicted octanol–water partition coefficient (Wildman–Crippen LogP) is 3.54. The van der Waals surface area contributed by atoms with Gasteiger partial charge in [-0.3, -0.25) is 4.90 Å². The molecule has 1 atom stereocenters. The highest BCUT2D eigenvalue weighted by atomic mass is 16.3. The molecule has 0 aromatic carbocycles. The second-order valence-electron chi connectivity index (χ2n) is 6.51. The number of rotatable bonds is 6. The van der Waals surface area contributed by atoms with Crippen LogP contribution in [0.5, 0.6) is 0 Å². The Morgan fingerprint density at radius 1 is 1.25 bits per heavy atom. The van der Waals surface area contributed by atoms with Crippen molar-refractivity contribution in [2.75, 3.05) is 13.1 Å². The molecule has 0 spiro atoms. The lowest BCUT2D eigenvalue weighted by molar-refractivity contribution is 0.248. The molecule has 1 unspecified atom stereocenters. The predicted molar refractivity (Wildman–Crippen MR) is 81.5 cm³/mol. The van der Waals surface area contributed by atoms with E-state index >= 15 is 0 Å². The lowest BCUT2D eigenvalue weighted by atomic mass is 9.98. The summed E-state index contributed by atoms with van der Waals surface area (Å²) in [6, 6.07) is 2.90. The summed E-state index contributed by atoms with van der Waals surface area (Å²) in [5.74, 6) is 2.11. The Kier molecular flexibility index (Phi) is 4.79. The molecule has 1 saturated carbocycles. The Labute approximate surface area is 122 Å². The fraction of sp³-hybridized carbons (Fsp3) is 0.765. The summed E-state index contributed by atoms with van der Waals surface area (Å²) in [5, 5.41) is 3.59. The largest absolute Gasteiger partial charge is 0.468 e. The summed E-state index contributed by atoms with van der Waals surface area (Å²) in [6.07, 6.45) is 9.98. The van der Waals surface area contributed by atoms with Crippen molar-refractivity contribution in [3.8, 4) is 0 Å². The molecule has 3 rings (SSSR count). The van der Waals surface area contributed by atoms with Crippen molar-refractivity contribution in [2.24, 2.45) is 5.92 Å². The molecule has 0 bridgehead atoms. The van der Waals surface area contributed by atoms with E-state index < -0.39 is 0 Å². The third-order valence-corrected chi connectivity index (χ3v) is 4.88. The van der Waals surface area contributed by atoms with Crippen LogP contribution in [0.4, 0.5) is 0 Å². The van der Waals surface area contributed by atoms with Gasteiger partial charge in [0.05, 0.1) is 12.8 Å². The third kappa shape index (κ3) is 3.86. The van der Waals surface area contributed by atoms with Crippen LogP contribution in [0, 0.1) is 5.92 Å². The number of hydrogen-bond acceptors (Lipinski definition) is 3. The van der Waals surface area contributed by atoms with E-state index in [2.05, 4.69) is 23.2 Å². The minimum Gasteiger partial charge on any atom is -0.468 e. The van der Waals surface area contributed by atoms with E-state index in [1.54, 1.807) is 0 Å². The monoisotopic (exact) mass is 276 g/mol. The molecule has 0 amide bonds. The van der Waals surface area contributed by atoms with Crippen molar-refractivity contribution in [3.05, 3.63) is 23.7 Å². The normalized spacial score (nSPS) is 24.8. The number of hydrogen-bond donors (Lipinski definition) is 1. The molecule has 3 heteroatoms. The molecule has 2 fully saturated rings. The quantitative estimate of drug-likeness (QED) is 0.861. The topological polar surface area (TPSA) is 28.4 Å². The lowest BCUT2D eigenvalue weighted by Gasteiger charge is -2.19. The fourth-order valence-electron chi connectivity index (χ4n) is 3.20. The van der Waals surface area contributed by atoms with E-state index in [0.29, 0.717) is 0 Å². The van der Waals surface area contributed by atoms with Crippen molar-refractivity contribution in [2.45, 2.75) is 64.6 Å². The highest BCUT2D eigenvalue weighted by Crippen LogP contribution is 2.23. The Morgan fingerprint density at radius 2 is 2.15 bits per heavy atom. The molecule has 112 valence electrons. The number of nitrogens with zero attached hydrogens (tertiary/aromatic N) is 1. The van der Waals surface area contributed by atoms with Crippen LogP contribution < -0.4 is 5.32 Å². The molecule has 1 N–H and O–H groups in total. The second kappa shape index (κ2) is 6.77. The zero-order valence-corrected chi connectivity index (χ0v) is 12.7. The summed E-state index contributed by atoms with van der Waals surface area (Å²) < 4.78 is 5.73. The minimum atomic E-state index is 0.765. The summed E-state index contributed by atoms with van der Waals surface area (Å²) >= 11 is 0. The average molecular weight is 276 g/mol. The van der Waals surface area contributed by atoms with E-state index in [0.717, 1.165) is 25.0 Å². The molecule has 1 aromatic heterocycles.